The van der Waals surface area contributed by atoms with E-state index in [0.29, 0.717) is 5.69 Å². The SMILES string of the molecule is Cc1ccc(C(=O)N2Cc3c(O)c(C(=O)NCC(=O)O)c(=O)n(Cc4ccc(C(F)(F)F)cc4)c3C2)cn1. The minimum atomic E-state index is -4.56. The number of pyridine rings is 2. The standard InChI is InChI=1S/C25H21F3N4O6/c1-13-2-5-15(8-29-13)23(37)31-11-17-18(12-31)32(10-14-3-6-16(7-4-14)25(26,27)28)24(38)20(21(17)35)22(36)30-9-19(33)34/h2-8,35H,9-12H2,1H3,(H,30,36)(H,33,34). The molecular formula is C25H21F3N4O6. The second-order valence-corrected chi connectivity index (χ2v) is 8.66. The largest absolute Gasteiger partial charge is 0.506 e. The van der Waals surface area contributed by atoms with Crippen molar-refractivity contribution in [3.05, 3.63) is 92.2 Å². The van der Waals surface area contributed by atoms with Crippen molar-refractivity contribution in [2.75, 3.05) is 6.54 Å². The summed E-state index contributed by atoms with van der Waals surface area (Å²) in [6.07, 6.45) is -3.18. The summed E-state index contributed by atoms with van der Waals surface area (Å²) in [5.74, 6) is -3.69. The number of aliphatic carboxylic acids is 1. The Morgan fingerprint density at radius 2 is 1.76 bits per heavy atom. The zero-order valence-corrected chi connectivity index (χ0v) is 19.9. The predicted octanol–water partition coefficient (Wildman–Crippen LogP) is 2.29. The van der Waals surface area contributed by atoms with Crippen LogP contribution >= 0.6 is 0 Å². The number of nitrogens with zero attached hydrogens (tertiary/aromatic N) is 3. The fourth-order valence-corrected chi connectivity index (χ4v) is 4.10. The number of benzene rings is 1. The van der Waals surface area contributed by atoms with Gasteiger partial charge in [0.25, 0.3) is 17.4 Å². The van der Waals surface area contributed by atoms with E-state index in [1.165, 1.54) is 23.2 Å². The van der Waals surface area contributed by atoms with Gasteiger partial charge in [-0.1, -0.05) is 12.1 Å². The van der Waals surface area contributed by atoms with Crippen LogP contribution in [0.2, 0.25) is 0 Å². The van der Waals surface area contributed by atoms with Gasteiger partial charge in [-0.3, -0.25) is 24.2 Å². The average Bonchev–Trinajstić information content (AvgIpc) is 3.31. The number of rotatable bonds is 6. The second kappa shape index (κ2) is 10.00. The minimum absolute atomic E-state index is 0.0883. The van der Waals surface area contributed by atoms with Gasteiger partial charge in [0.05, 0.1) is 30.8 Å². The maximum Gasteiger partial charge on any atom is 0.416 e. The number of aromatic nitrogens is 2. The molecule has 3 N–H and O–H groups in total. The normalized spacial score (nSPS) is 12.8. The number of carboxylic acid groups (broad SMARTS) is 1. The molecule has 38 heavy (non-hydrogen) atoms. The Labute approximate surface area is 213 Å². The van der Waals surface area contributed by atoms with Crippen LogP contribution in [0.4, 0.5) is 13.2 Å². The summed E-state index contributed by atoms with van der Waals surface area (Å²) in [7, 11) is 0. The van der Waals surface area contributed by atoms with Crippen molar-refractivity contribution in [1.29, 1.82) is 0 Å². The van der Waals surface area contributed by atoms with E-state index in [4.69, 9.17) is 5.11 Å². The number of alkyl halides is 3. The number of hydrogen-bond donors (Lipinski definition) is 3. The van der Waals surface area contributed by atoms with Crippen molar-refractivity contribution < 1.29 is 37.8 Å². The minimum Gasteiger partial charge on any atom is -0.506 e. The van der Waals surface area contributed by atoms with Crippen LogP contribution in [-0.2, 0) is 30.6 Å². The number of aryl methyl sites for hydroxylation is 1. The lowest BCUT2D eigenvalue weighted by molar-refractivity contribution is -0.138. The van der Waals surface area contributed by atoms with Gasteiger partial charge >= 0.3 is 12.1 Å². The molecule has 0 saturated heterocycles. The van der Waals surface area contributed by atoms with Gasteiger partial charge in [0.1, 0.15) is 17.9 Å². The molecule has 2 aromatic heterocycles. The highest BCUT2D eigenvalue weighted by Gasteiger charge is 2.34. The summed E-state index contributed by atoms with van der Waals surface area (Å²) >= 11 is 0. The number of carboxylic acids is 1. The third-order valence-corrected chi connectivity index (χ3v) is 6.04. The number of amides is 2. The van der Waals surface area contributed by atoms with E-state index in [2.05, 4.69) is 4.98 Å². The van der Waals surface area contributed by atoms with Gasteiger partial charge in [0.15, 0.2) is 0 Å². The number of carbonyl (C=O) groups is 3. The van der Waals surface area contributed by atoms with E-state index < -0.39 is 52.9 Å². The Balaban J connectivity index is 1.76. The Morgan fingerprint density at radius 3 is 2.34 bits per heavy atom. The number of halogens is 3. The molecule has 0 radical (unpaired) electrons. The number of nitrogens with one attached hydrogen (secondary N) is 1. The first-order chi connectivity index (χ1) is 17.9. The van der Waals surface area contributed by atoms with Crippen LogP contribution in [-0.4, -0.2) is 49.0 Å². The Morgan fingerprint density at radius 1 is 1.08 bits per heavy atom. The molecule has 3 heterocycles. The molecule has 0 bridgehead atoms. The molecule has 2 amide bonds. The molecule has 10 nitrogen and oxygen atoms in total. The van der Waals surface area contributed by atoms with Crippen LogP contribution in [0, 0.1) is 6.92 Å². The molecule has 13 heteroatoms. The van der Waals surface area contributed by atoms with Gasteiger partial charge < -0.3 is 25.0 Å². The van der Waals surface area contributed by atoms with Crippen molar-refractivity contribution in [2.24, 2.45) is 0 Å². The fraction of sp³-hybridized carbons (Fsp3) is 0.240. The van der Waals surface area contributed by atoms with E-state index >= 15 is 0 Å². The molecule has 198 valence electrons. The molecule has 0 spiro atoms. The first-order valence-corrected chi connectivity index (χ1v) is 11.2. The molecule has 3 aromatic rings. The zero-order valence-electron chi connectivity index (χ0n) is 19.9. The molecule has 0 saturated carbocycles. The average molecular weight is 530 g/mol. The van der Waals surface area contributed by atoms with Gasteiger partial charge in [-0.25, -0.2) is 0 Å². The van der Waals surface area contributed by atoms with E-state index in [-0.39, 0.29) is 42.0 Å². The molecule has 4 rings (SSSR count). The molecule has 1 aliphatic rings. The Bertz CT molecular complexity index is 1480. The van der Waals surface area contributed by atoms with E-state index in [1.807, 2.05) is 5.32 Å². The van der Waals surface area contributed by atoms with Gasteiger partial charge in [0.2, 0.25) is 0 Å². The van der Waals surface area contributed by atoms with Crippen LogP contribution in [0.25, 0.3) is 0 Å². The van der Waals surface area contributed by atoms with E-state index in [0.717, 1.165) is 16.7 Å². The van der Waals surface area contributed by atoms with E-state index in [9.17, 15) is 37.5 Å². The summed E-state index contributed by atoms with van der Waals surface area (Å²) in [4.78, 5) is 55.4. The lowest BCUT2D eigenvalue weighted by atomic mass is 10.1. The lowest BCUT2D eigenvalue weighted by Gasteiger charge is -2.17. The van der Waals surface area contributed by atoms with Crippen LogP contribution in [0.1, 0.15) is 48.8 Å². The van der Waals surface area contributed by atoms with Crippen LogP contribution in [0.3, 0.4) is 0 Å². The van der Waals surface area contributed by atoms with Crippen LogP contribution < -0.4 is 10.9 Å². The highest BCUT2D eigenvalue weighted by Crippen LogP contribution is 2.33. The monoisotopic (exact) mass is 530 g/mol. The van der Waals surface area contributed by atoms with Crippen molar-refractivity contribution in [3.63, 3.8) is 0 Å². The van der Waals surface area contributed by atoms with Crippen molar-refractivity contribution in [3.8, 4) is 5.75 Å². The van der Waals surface area contributed by atoms with Crippen molar-refractivity contribution in [1.82, 2.24) is 19.8 Å². The maximum absolute atomic E-state index is 13.4. The smallest absolute Gasteiger partial charge is 0.416 e. The Kier molecular flexibility index (Phi) is 6.94. The highest BCUT2D eigenvalue weighted by molar-refractivity contribution is 5.99. The summed E-state index contributed by atoms with van der Waals surface area (Å²) in [5, 5.41) is 21.7. The first-order valence-electron chi connectivity index (χ1n) is 11.2. The van der Waals surface area contributed by atoms with Gasteiger partial charge in [0, 0.05) is 23.1 Å². The summed E-state index contributed by atoms with van der Waals surface area (Å²) in [5.41, 5.74) is -1.11. The van der Waals surface area contributed by atoms with Gasteiger partial charge in [-0.05, 0) is 36.8 Å². The molecule has 0 fully saturated rings. The van der Waals surface area contributed by atoms with Crippen LogP contribution in [0.5, 0.6) is 5.75 Å². The maximum atomic E-state index is 13.4. The molecule has 1 aliphatic heterocycles. The topological polar surface area (TPSA) is 142 Å². The summed E-state index contributed by atoms with van der Waals surface area (Å²) < 4.78 is 40.0. The lowest BCUT2D eigenvalue weighted by Crippen LogP contribution is -2.37. The van der Waals surface area contributed by atoms with Crippen molar-refractivity contribution >= 4 is 17.8 Å². The van der Waals surface area contributed by atoms with Crippen LogP contribution in [0.15, 0.2) is 47.4 Å². The molecular weight excluding hydrogens is 509 g/mol. The third-order valence-electron chi connectivity index (χ3n) is 6.04. The fourth-order valence-electron chi connectivity index (χ4n) is 4.10. The number of aromatic hydroxyl groups is 1. The molecule has 0 atom stereocenters. The van der Waals surface area contributed by atoms with Crippen molar-refractivity contribution in [2.45, 2.75) is 32.7 Å². The van der Waals surface area contributed by atoms with Gasteiger partial charge in [-0.2, -0.15) is 13.2 Å². The first kappa shape index (κ1) is 26.4. The number of fused-ring (bicyclic) bond motifs is 1. The number of hydrogen-bond acceptors (Lipinski definition) is 6. The summed E-state index contributed by atoms with van der Waals surface area (Å²) in [6, 6.07) is 7.25. The number of carbonyl (C=O) groups excluding carboxylic acids is 2. The summed E-state index contributed by atoms with van der Waals surface area (Å²) in [6.45, 7) is 0.337. The van der Waals surface area contributed by atoms with E-state index in [1.54, 1.807) is 19.1 Å². The molecule has 0 unspecified atom stereocenters. The molecule has 0 aliphatic carbocycles. The van der Waals surface area contributed by atoms with Gasteiger partial charge in [-0.15, -0.1) is 0 Å². The third kappa shape index (κ3) is 5.21. The highest BCUT2D eigenvalue weighted by atomic mass is 19.4. The quantitative estimate of drug-likeness (QED) is 0.444. The molecule has 1 aromatic carbocycles. The second-order valence-electron chi connectivity index (χ2n) is 8.66. The zero-order chi connectivity index (χ0) is 27.8. The predicted molar refractivity (Wildman–Crippen MR) is 125 cm³/mol. The Hall–Kier alpha value is -4.68.